The van der Waals surface area contributed by atoms with E-state index in [9.17, 15) is 4.79 Å². The van der Waals surface area contributed by atoms with Crippen LogP contribution in [-0.2, 0) is 0 Å². The average Bonchev–Trinajstić information content (AvgIpc) is 2.03. The Kier molecular flexibility index (Phi) is 4.69. The smallest absolute Gasteiger partial charge is 0.267 e. The van der Waals surface area contributed by atoms with E-state index < -0.39 is 0 Å². The molecule has 0 saturated heterocycles. The molecular weight excluding hydrogens is 213 g/mol. The second-order valence-electron chi connectivity index (χ2n) is 2.24. The number of aromatic nitrogens is 1. The zero-order valence-electron chi connectivity index (χ0n) is 6.87. The normalized spacial score (nSPS) is 8.85. The van der Waals surface area contributed by atoms with Crippen molar-refractivity contribution in [3.8, 4) is 0 Å². The Hall–Kier alpha value is -0.840. The lowest BCUT2D eigenvalue weighted by Crippen LogP contribution is -2.30. The minimum Gasteiger partial charge on any atom is -0.290 e. The number of rotatable bonds is 1. The van der Waals surface area contributed by atoms with E-state index in [2.05, 4.69) is 4.98 Å². The quantitative estimate of drug-likeness (QED) is 0.323. The van der Waals surface area contributed by atoms with Crippen molar-refractivity contribution in [1.82, 2.24) is 10.4 Å². The molecule has 0 aromatic carbocycles. The number of hydrogen-bond donors (Lipinski definition) is 2. The van der Waals surface area contributed by atoms with Crippen molar-refractivity contribution >= 4 is 29.9 Å². The van der Waals surface area contributed by atoms with Crippen LogP contribution in [0.2, 0.25) is 5.15 Å². The number of nitrogens with one attached hydrogen (secondary N) is 1. The number of hydrazine groups is 1. The number of pyridine rings is 1. The lowest BCUT2D eigenvalue weighted by Gasteiger charge is -2.02. The predicted molar refractivity (Wildman–Crippen MR) is 52.9 cm³/mol. The highest BCUT2D eigenvalue weighted by Crippen LogP contribution is 2.09. The molecule has 6 heteroatoms. The van der Waals surface area contributed by atoms with Gasteiger partial charge < -0.3 is 0 Å². The van der Waals surface area contributed by atoms with E-state index in [1.165, 1.54) is 0 Å². The first kappa shape index (κ1) is 12.2. The van der Waals surface area contributed by atoms with Crippen LogP contribution in [0.4, 0.5) is 0 Å². The van der Waals surface area contributed by atoms with Gasteiger partial charge in [0.05, 0.1) is 11.3 Å². The van der Waals surface area contributed by atoms with Crippen LogP contribution in [0.25, 0.3) is 0 Å². The molecule has 1 rings (SSSR count). The maximum atomic E-state index is 11.0. The molecule has 72 valence electrons. The van der Waals surface area contributed by atoms with Crippen molar-refractivity contribution in [3.63, 3.8) is 0 Å². The first-order valence-electron chi connectivity index (χ1n) is 3.29. The number of halogens is 2. The van der Waals surface area contributed by atoms with Crippen molar-refractivity contribution in [3.05, 3.63) is 28.5 Å². The fraction of sp³-hybridized carbons (Fsp3) is 0.143. The number of carbonyl (C=O) groups is 1. The first-order chi connectivity index (χ1) is 5.65. The molecule has 4 nitrogen and oxygen atoms in total. The lowest BCUT2D eigenvalue weighted by atomic mass is 10.2. The summed E-state index contributed by atoms with van der Waals surface area (Å²) in [6, 6.07) is 3.12. The highest BCUT2D eigenvalue weighted by molar-refractivity contribution is 6.29. The highest BCUT2D eigenvalue weighted by Gasteiger charge is 2.07. The van der Waals surface area contributed by atoms with Crippen molar-refractivity contribution in [1.29, 1.82) is 0 Å². The molecule has 13 heavy (non-hydrogen) atoms. The third kappa shape index (κ3) is 2.84. The largest absolute Gasteiger partial charge is 0.290 e. The van der Waals surface area contributed by atoms with E-state index in [0.29, 0.717) is 16.4 Å². The fourth-order valence-corrected chi connectivity index (χ4v) is 1.04. The van der Waals surface area contributed by atoms with Gasteiger partial charge in [0.2, 0.25) is 0 Å². The molecule has 1 aromatic rings. The molecule has 0 aliphatic heterocycles. The topological polar surface area (TPSA) is 68.0 Å². The molecule has 0 atom stereocenters. The van der Waals surface area contributed by atoms with Crippen LogP contribution < -0.4 is 11.3 Å². The Morgan fingerprint density at radius 3 is 2.69 bits per heavy atom. The molecule has 1 heterocycles. The summed E-state index contributed by atoms with van der Waals surface area (Å²) in [5.74, 6) is 4.59. The Morgan fingerprint density at radius 1 is 1.62 bits per heavy atom. The average molecular weight is 222 g/mol. The number of hydrogen-bond acceptors (Lipinski definition) is 3. The molecule has 1 aromatic heterocycles. The molecular formula is C7H9Cl2N3O. The second kappa shape index (κ2) is 5.01. The summed E-state index contributed by atoms with van der Waals surface area (Å²) in [5, 5.41) is 0.362. The van der Waals surface area contributed by atoms with Crippen LogP contribution in [0, 0.1) is 6.92 Å². The zero-order valence-corrected chi connectivity index (χ0v) is 8.45. The summed E-state index contributed by atoms with van der Waals surface area (Å²) in [5.41, 5.74) is 3.01. The number of amides is 1. The Morgan fingerprint density at radius 2 is 2.23 bits per heavy atom. The highest BCUT2D eigenvalue weighted by atomic mass is 35.5. The van der Waals surface area contributed by atoms with Gasteiger partial charge >= 0.3 is 0 Å². The standard InChI is InChI=1S/C7H8ClN3O.ClH/c1-4-5(7(12)11-9)2-3-6(8)10-4;/h2-3H,9H2,1H3,(H,11,12);1H. The van der Waals surface area contributed by atoms with Crippen molar-refractivity contribution < 1.29 is 4.79 Å². The van der Waals surface area contributed by atoms with E-state index in [4.69, 9.17) is 17.4 Å². The van der Waals surface area contributed by atoms with Gasteiger partial charge in [0.15, 0.2) is 0 Å². The molecule has 3 N–H and O–H groups in total. The summed E-state index contributed by atoms with van der Waals surface area (Å²) in [7, 11) is 0. The number of aryl methyl sites for hydroxylation is 1. The van der Waals surface area contributed by atoms with Crippen molar-refractivity contribution in [2.75, 3.05) is 0 Å². The van der Waals surface area contributed by atoms with Crippen LogP contribution in [0.1, 0.15) is 16.1 Å². The zero-order chi connectivity index (χ0) is 9.14. The van der Waals surface area contributed by atoms with Crippen LogP contribution in [-0.4, -0.2) is 10.9 Å². The van der Waals surface area contributed by atoms with Crippen LogP contribution in [0.5, 0.6) is 0 Å². The summed E-state index contributed by atoms with van der Waals surface area (Å²) in [6.07, 6.45) is 0. The van der Waals surface area contributed by atoms with E-state index in [1.54, 1.807) is 19.1 Å². The van der Waals surface area contributed by atoms with Gasteiger partial charge in [-0.2, -0.15) is 0 Å². The second-order valence-corrected chi connectivity index (χ2v) is 2.63. The van der Waals surface area contributed by atoms with E-state index >= 15 is 0 Å². The minimum absolute atomic E-state index is 0. The Balaban J connectivity index is 0.00000144. The molecule has 0 unspecified atom stereocenters. The van der Waals surface area contributed by atoms with Gasteiger partial charge in [-0.05, 0) is 19.1 Å². The molecule has 0 fully saturated rings. The maximum absolute atomic E-state index is 11.0. The van der Waals surface area contributed by atoms with E-state index in [1.807, 2.05) is 5.43 Å². The SMILES string of the molecule is Cc1nc(Cl)ccc1C(=O)NN.Cl. The Bertz CT molecular complexity index is 317. The molecule has 0 aliphatic rings. The summed E-state index contributed by atoms with van der Waals surface area (Å²) < 4.78 is 0. The number of carbonyl (C=O) groups excluding carboxylic acids is 1. The van der Waals surface area contributed by atoms with Crippen molar-refractivity contribution in [2.45, 2.75) is 6.92 Å². The molecule has 0 spiro atoms. The van der Waals surface area contributed by atoms with Gasteiger partial charge in [-0.15, -0.1) is 12.4 Å². The van der Waals surface area contributed by atoms with Crippen molar-refractivity contribution in [2.24, 2.45) is 5.84 Å². The molecule has 0 radical (unpaired) electrons. The van der Waals surface area contributed by atoms with Gasteiger partial charge in [-0.3, -0.25) is 10.2 Å². The van der Waals surface area contributed by atoms with Crippen LogP contribution in [0.3, 0.4) is 0 Å². The molecule has 1 amide bonds. The first-order valence-corrected chi connectivity index (χ1v) is 3.67. The number of nitrogen functional groups attached to an aromatic ring is 1. The Labute approximate surface area is 86.9 Å². The third-order valence-corrected chi connectivity index (χ3v) is 1.64. The monoisotopic (exact) mass is 221 g/mol. The van der Waals surface area contributed by atoms with Crippen LogP contribution in [0.15, 0.2) is 12.1 Å². The van der Waals surface area contributed by atoms with Gasteiger partial charge in [-0.1, -0.05) is 11.6 Å². The van der Waals surface area contributed by atoms with Gasteiger partial charge in [0.1, 0.15) is 5.15 Å². The van der Waals surface area contributed by atoms with Gasteiger partial charge in [0, 0.05) is 0 Å². The molecule has 0 saturated carbocycles. The summed E-state index contributed by atoms with van der Waals surface area (Å²) >= 11 is 5.59. The van der Waals surface area contributed by atoms with Gasteiger partial charge in [-0.25, -0.2) is 10.8 Å². The maximum Gasteiger partial charge on any atom is 0.267 e. The lowest BCUT2D eigenvalue weighted by molar-refractivity contribution is 0.0952. The van der Waals surface area contributed by atoms with Gasteiger partial charge in [0.25, 0.3) is 5.91 Å². The number of nitrogens with zero attached hydrogens (tertiary/aromatic N) is 1. The fourth-order valence-electron chi connectivity index (χ4n) is 0.848. The van der Waals surface area contributed by atoms with E-state index in [-0.39, 0.29) is 18.3 Å². The van der Waals surface area contributed by atoms with E-state index in [0.717, 1.165) is 0 Å². The predicted octanol–water partition coefficient (Wildman–Crippen LogP) is 1.07. The molecule has 0 bridgehead atoms. The third-order valence-electron chi connectivity index (χ3n) is 1.43. The number of nitrogens with two attached hydrogens (primary N) is 1. The minimum atomic E-state index is -0.364. The summed E-state index contributed by atoms with van der Waals surface area (Å²) in [6.45, 7) is 1.69. The van der Waals surface area contributed by atoms with Crippen LogP contribution >= 0.6 is 24.0 Å². The summed E-state index contributed by atoms with van der Waals surface area (Å²) in [4.78, 5) is 14.9. The molecule has 0 aliphatic carbocycles.